The fraction of sp³-hybridized carbons (Fsp3) is 0.333. The van der Waals surface area contributed by atoms with Crippen LogP contribution in [0.15, 0.2) is 30.3 Å². The second-order valence-corrected chi connectivity index (χ2v) is 5.53. The number of hydrogen-bond acceptors (Lipinski definition) is 2. The Morgan fingerprint density at radius 2 is 1.89 bits per heavy atom. The molecule has 3 nitrogen and oxygen atoms in total. The van der Waals surface area contributed by atoms with Gasteiger partial charge in [-0.3, -0.25) is 9.78 Å². The molecular formula is C15H18N2O. The molecule has 0 unspecified atom stereocenters. The lowest BCUT2D eigenvalue weighted by atomic mass is 10.0. The molecule has 94 valence electrons. The number of carbonyl (C=O) groups excluding carboxylic acids is 1. The maximum atomic E-state index is 12.3. The Morgan fingerprint density at radius 3 is 2.56 bits per heavy atom. The summed E-state index contributed by atoms with van der Waals surface area (Å²) in [6.07, 6.45) is 0. The summed E-state index contributed by atoms with van der Waals surface area (Å²) in [5.74, 6) is -0.0517. The summed E-state index contributed by atoms with van der Waals surface area (Å²) in [5, 5.41) is 3.88. The van der Waals surface area contributed by atoms with Gasteiger partial charge in [-0.2, -0.15) is 0 Å². The van der Waals surface area contributed by atoms with E-state index in [1.807, 2.05) is 58.0 Å². The number of para-hydroxylation sites is 1. The molecule has 0 aliphatic carbocycles. The predicted octanol–water partition coefficient (Wildman–Crippen LogP) is 3.07. The number of nitrogens with zero attached hydrogens (tertiary/aromatic N) is 1. The Balaban J connectivity index is 2.53. The molecule has 0 radical (unpaired) electrons. The van der Waals surface area contributed by atoms with Crippen LogP contribution in [0.1, 0.15) is 36.8 Å². The van der Waals surface area contributed by atoms with Gasteiger partial charge in [0.25, 0.3) is 5.91 Å². The molecule has 0 saturated carbocycles. The summed E-state index contributed by atoms with van der Waals surface area (Å²) < 4.78 is 0. The lowest BCUT2D eigenvalue weighted by Crippen LogP contribution is -2.40. The summed E-state index contributed by atoms with van der Waals surface area (Å²) in [7, 11) is 0. The van der Waals surface area contributed by atoms with Crippen LogP contribution in [-0.4, -0.2) is 16.4 Å². The predicted molar refractivity (Wildman–Crippen MR) is 73.7 cm³/mol. The van der Waals surface area contributed by atoms with Gasteiger partial charge in [0.1, 0.15) is 0 Å². The minimum atomic E-state index is -0.241. The molecule has 0 atom stereocenters. The molecule has 0 saturated heterocycles. The largest absolute Gasteiger partial charge is 0.347 e. The normalized spacial score (nSPS) is 11.6. The van der Waals surface area contributed by atoms with Crippen molar-refractivity contribution in [3.8, 4) is 0 Å². The van der Waals surface area contributed by atoms with Gasteiger partial charge >= 0.3 is 0 Å². The summed E-state index contributed by atoms with van der Waals surface area (Å²) in [5.41, 5.74) is 2.16. The van der Waals surface area contributed by atoms with Crippen molar-refractivity contribution in [2.24, 2.45) is 0 Å². The molecule has 1 aromatic carbocycles. The third-order valence-corrected chi connectivity index (χ3v) is 2.58. The zero-order chi connectivity index (χ0) is 13.3. The number of benzene rings is 1. The lowest BCUT2D eigenvalue weighted by Gasteiger charge is -2.21. The van der Waals surface area contributed by atoms with Crippen LogP contribution in [0.5, 0.6) is 0 Å². The van der Waals surface area contributed by atoms with Crippen molar-refractivity contribution in [3.05, 3.63) is 41.6 Å². The standard InChI is InChI=1S/C15H18N2O/c1-10-9-12(14(18)17-15(2,3)4)11-7-5-6-8-13(11)16-10/h5-9H,1-4H3,(H,17,18). The molecule has 1 aromatic heterocycles. The van der Waals surface area contributed by atoms with Crippen LogP contribution in [0.3, 0.4) is 0 Å². The highest BCUT2D eigenvalue weighted by Crippen LogP contribution is 2.18. The van der Waals surface area contributed by atoms with Gasteiger partial charge in [0.05, 0.1) is 11.1 Å². The van der Waals surface area contributed by atoms with Gasteiger partial charge in [-0.25, -0.2) is 0 Å². The molecule has 2 aromatic rings. The van der Waals surface area contributed by atoms with Gasteiger partial charge in [0, 0.05) is 16.6 Å². The van der Waals surface area contributed by atoms with Crippen LogP contribution < -0.4 is 5.32 Å². The van der Waals surface area contributed by atoms with Gasteiger partial charge < -0.3 is 5.32 Å². The van der Waals surface area contributed by atoms with Crippen LogP contribution in [0.2, 0.25) is 0 Å². The minimum Gasteiger partial charge on any atom is -0.347 e. The third kappa shape index (κ3) is 2.67. The average molecular weight is 242 g/mol. The van der Waals surface area contributed by atoms with E-state index in [4.69, 9.17) is 0 Å². The number of aromatic nitrogens is 1. The van der Waals surface area contributed by atoms with E-state index in [1.165, 1.54) is 0 Å². The molecule has 0 bridgehead atoms. The van der Waals surface area contributed by atoms with E-state index in [0.717, 1.165) is 16.6 Å². The van der Waals surface area contributed by atoms with E-state index in [-0.39, 0.29) is 11.4 Å². The molecule has 1 amide bonds. The number of nitrogens with one attached hydrogen (secondary N) is 1. The number of carbonyl (C=O) groups is 1. The third-order valence-electron chi connectivity index (χ3n) is 2.58. The zero-order valence-electron chi connectivity index (χ0n) is 11.2. The molecule has 2 rings (SSSR count). The number of fused-ring (bicyclic) bond motifs is 1. The smallest absolute Gasteiger partial charge is 0.252 e. The SMILES string of the molecule is Cc1cc(C(=O)NC(C)(C)C)c2ccccc2n1. The molecular weight excluding hydrogens is 224 g/mol. The van der Waals surface area contributed by atoms with E-state index >= 15 is 0 Å². The Morgan fingerprint density at radius 1 is 1.22 bits per heavy atom. The van der Waals surface area contributed by atoms with Crippen molar-refractivity contribution in [1.29, 1.82) is 0 Å². The van der Waals surface area contributed by atoms with Crippen molar-refractivity contribution in [2.45, 2.75) is 33.2 Å². The second-order valence-electron chi connectivity index (χ2n) is 5.53. The topological polar surface area (TPSA) is 42.0 Å². The molecule has 18 heavy (non-hydrogen) atoms. The van der Waals surface area contributed by atoms with Crippen molar-refractivity contribution in [3.63, 3.8) is 0 Å². The van der Waals surface area contributed by atoms with E-state index in [1.54, 1.807) is 0 Å². The quantitative estimate of drug-likeness (QED) is 0.835. The summed E-state index contributed by atoms with van der Waals surface area (Å²) in [4.78, 5) is 16.7. The number of rotatable bonds is 1. The Hall–Kier alpha value is -1.90. The maximum Gasteiger partial charge on any atom is 0.252 e. The Bertz CT molecular complexity index is 597. The fourth-order valence-electron chi connectivity index (χ4n) is 1.90. The first kappa shape index (κ1) is 12.6. The first-order valence-electron chi connectivity index (χ1n) is 6.06. The first-order valence-corrected chi connectivity index (χ1v) is 6.06. The molecule has 0 spiro atoms. The molecule has 0 aliphatic rings. The first-order chi connectivity index (χ1) is 8.37. The van der Waals surface area contributed by atoms with Crippen molar-refractivity contribution < 1.29 is 4.79 Å². The monoisotopic (exact) mass is 242 g/mol. The lowest BCUT2D eigenvalue weighted by molar-refractivity contribution is 0.0921. The van der Waals surface area contributed by atoms with Gasteiger partial charge in [0.15, 0.2) is 0 Å². The molecule has 0 fully saturated rings. The highest BCUT2D eigenvalue weighted by atomic mass is 16.1. The number of aryl methyl sites for hydroxylation is 1. The van der Waals surface area contributed by atoms with E-state index in [2.05, 4.69) is 10.3 Å². The van der Waals surface area contributed by atoms with Crippen LogP contribution in [-0.2, 0) is 0 Å². The van der Waals surface area contributed by atoms with Crippen molar-refractivity contribution in [1.82, 2.24) is 10.3 Å². The highest BCUT2D eigenvalue weighted by molar-refractivity contribution is 6.06. The molecule has 1 N–H and O–H groups in total. The van der Waals surface area contributed by atoms with Crippen molar-refractivity contribution in [2.75, 3.05) is 0 Å². The van der Waals surface area contributed by atoms with Crippen molar-refractivity contribution >= 4 is 16.8 Å². The van der Waals surface area contributed by atoms with Gasteiger partial charge in [-0.05, 0) is 39.8 Å². The van der Waals surface area contributed by atoms with E-state index < -0.39 is 0 Å². The zero-order valence-corrected chi connectivity index (χ0v) is 11.2. The number of amides is 1. The van der Waals surface area contributed by atoms with Crippen LogP contribution in [0, 0.1) is 6.92 Å². The minimum absolute atomic E-state index is 0.0517. The molecule has 3 heteroatoms. The fourth-order valence-corrected chi connectivity index (χ4v) is 1.90. The van der Waals surface area contributed by atoms with Crippen LogP contribution >= 0.6 is 0 Å². The maximum absolute atomic E-state index is 12.3. The number of pyridine rings is 1. The number of hydrogen-bond donors (Lipinski definition) is 1. The van der Waals surface area contributed by atoms with Gasteiger partial charge in [0.2, 0.25) is 0 Å². The van der Waals surface area contributed by atoms with E-state index in [9.17, 15) is 4.79 Å². The highest BCUT2D eigenvalue weighted by Gasteiger charge is 2.17. The average Bonchev–Trinajstić information content (AvgIpc) is 2.25. The summed E-state index contributed by atoms with van der Waals surface area (Å²) in [6.45, 7) is 7.82. The second kappa shape index (κ2) is 4.41. The van der Waals surface area contributed by atoms with Gasteiger partial charge in [-0.1, -0.05) is 18.2 Å². The summed E-state index contributed by atoms with van der Waals surface area (Å²) >= 11 is 0. The Kier molecular flexibility index (Phi) is 3.07. The molecule has 1 heterocycles. The molecule has 0 aliphatic heterocycles. The van der Waals surface area contributed by atoms with Gasteiger partial charge in [-0.15, -0.1) is 0 Å². The summed E-state index contributed by atoms with van der Waals surface area (Å²) in [6, 6.07) is 9.55. The van der Waals surface area contributed by atoms with Crippen LogP contribution in [0.25, 0.3) is 10.9 Å². The van der Waals surface area contributed by atoms with E-state index in [0.29, 0.717) is 5.56 Å². The Labute approximate surface area is 107 Å². The van der Waals surface area contributed by atoms with Crippen LogP contribution in [0.4, 0.5) is 0 Å².